The number of carbonyl (C=O) groups is 1. The van der Waals surface area contributed by atoms with Crippen LogP contribution in [0.25, 0.3) is 0 Å². The smallest absolute Gasteiger partial charge is 0.176 e. The van der Waals surface area contributed by atoms with Crippen molar-refractivity contribution in [3.8, 4) is 0 Å². The van der Waals surface area contributed by atoms with Crippen molar-refractivity contribution >= 4 is 5.78 Å². The van der Waals surface area contributed by atoms with Gasteiger partial charge in [-0.1, -0.05) is 13.3 Å². The molecule has 0 bridgehead atoms. The predicted molar refractivity (Wildman–Crippen MR) is 49.4 cm³/mol. The summed E-state index contributed by atoms with van der Waals surface area (Å²) in [6.07, 6.45) is 4.21. The van der Waals surface area contributed by atoms with Crippen LogP contribution in [-0.2, 0) is 13.5 Å². The average Bonchev–Trinajstić information content (AvgIpc) is 2.32. The number of ketones is 1. The summed E-state index contributed by atoms with van der Waals surface area (Å²) < 4.78 is 1.90. The van der Waals surface area contributed by atoms with Gasteiger partial charge >= 0.3 is 0 Å². The average molecular weight is 165 g/mol. The fraction of sp³-hybridized carbons (Fsp3) is 0.500. The van der Waals surface area contributed by atoms with Crippen molar-refractivity contribution in [2.75, 3.05) is 0 Å². The second-order valence-corrected chi connectivity index (χ2v) is 3.15. The van der Waals surface area contributed by atoms with E-state index in [2.05, 4.69) is 6.92 Å². The van der Waals surface area contributed by atoms with E-state index in [-0.39, 0.29) is 5.78 Å². The Balaban J connectivity index is 2.92. The fourth-order valence-electron chi connectivity index (χ4n) is 1.41. The van der Waals surface area contributed by atoms with E-state index in [0.717, 1.165) is 18.5 Å². The number of Topliss-reactive ketones (excluding diaryl/α,β-unsaturated/α-hetero) is 1. The molecular formula is C10H15NO. The predicted octanol–water partition coefficient (Wildman–Crippen LogP) is 2.18. The van der Waals surface area contributed by atoms with Crippen molar-refractivity contribution in [2.45, 2.75) is 26.7 Å². The third-order valence-electron chi connectivity index (χ3n) is 1.96. The molecule has 1 aromatic heterocycles. The number of aryl methyl sites for hydroxylation is 2. The van der Waals surface area contributed by atoms with Gasteiger partial charge in [0.2, 0.25) is 0 Å². The topological polar surface area (TPSA) is 22.0 Å². The van der Waals surface area contributed by atoms with Crippen LogP contribution in [-0.4, -0.2) is 10.4 Å². The molecule has 1 rings (SSSR count). The van der Waals surface area contributed by atoms with E-state index in [0.29, 0.717) is 0 Å². The molecule has 0 saturated heterocycles. The number of carbonyl (C=O) groups excluding carboxylic acids is 1. The summed E-state index contributed by atoms with van der Waals surface area (Å²) in [5, 5.41) is 0. The van der Waals surface area contributed by atoms with Crippen molar-refractivity contribution in [2.24, 2.45) is 7.05 Å². The Morgan fingerprint density at radius 3 is 2.67 bits per heavy atom. The lowest BCUT2D eigenvalue weighted by atomic mass is 10.2. The van der Waals surface area contributed by atoms with E-state index < -0.39 is 0 Å². The van der Waals surface area contributed by atoms with Crippen LogP contribution in [0.5, 0.6) is 0 Å². The normalized spacial score (nSPS) is 10.2. The van der Waals surface area contributed by atoms with Crippen molar-refractivity contribution in [1.29, 1.82) is 0 Å². The van der Waals surface area contributed by atoms with Crippen LogP contribution in [0.4, 0.5) is 0 Å². The summed E-state index contributed by atoms with van der Waals surface area (Å²) in [4.78, 5) is 11.1. The molecule has 0 N–H and O–H groups in total. The van der Waals surface area contributed by atoms with E-state index in [1.165, 1.54) is 5.56 Å². The van der Waals surface area contributed by atoms with Gasteiger partial charge < -0.3 is 4.57 Å². The fourth-order valence-corrected chi connectivity index (χ4v) is 1.41. The van der Waals surface area contributed by atoms with E-state index >= 15 is 0 Å². The lowest BCUT2D eigenvalue weighted by molar-refractivity contribution is 0.101. The van der Waals surface area contributed by atoms with Gasteiger partial charge in [-0.3, -0.25) is 4.79 Å². The summed E-state index contributed by atoms with van der Waals surface area (Å²) in [5.41, 5.74) is 2.06. The van der Waals surface area contributed by atoms with Crippen molar-refractivity contribution in [3.63, 3.8) is 0 Å². The Kier molecular flexibility index (Phi) is 2.69. The van der Waals surface area contributed by atoms with Crippen molar-refractivity contribution < 1.29 is 4.79 Å². The molecule has 2 nitrogen and oxygen atoms in total. The highest BCUT2D eigenvalue weighted by Crippen LogP contribution is 2.09. The molecule has 0 fully saturated rings. The molecule has 0 aromatic carbocycles. The monoisotopic (exact) mass is 165 g/mol. The Bertz CT molecular complexity index is 286. The maximum absolute atomic E-state index is 11.1. The maximum atomic E-state index is 11.1. The van der Waals surface area contributed by atoms with Crippen molar-refractivity contribution in [3.05, 3.63) is 23.5 Å². The third kappa shape index (κ3) is 1.76. The van der Waals surface area contributed by atoms with Gasteiger partial charge in [-0.05, 0) is 18.1 Å². The molecule has 0 aliphatic carbocycles. The largest absolute Gasteiger partial charge is 0.348 e. The molecule has 1 aromatic rings. The Morgan fingerprint density at radius 2 is 2.25 bits per heavy atom. The number of hydrogen-bond donors (Lipinski definition) is 0. The van der Waals surface area contributed by atoms with Crippen LogP contribution in [0.2, 0.25) is 0 Å². The molecule has 2 heteroatoms. The van der Waals surface area contributed by atoms with Crippen LogP contribution in [0.15, 0.2) is 12.3 Å². The Hall–Kier alpha value is -1.05. The van der Waals surface area contributed by atoms with E-state index in [1.807, 2.05) is 23.9 Å². The second kappa shape index (κ2) is 3.57. The quantitative estimate of drug-likeness (QED) is 0.629. The van der Waals surface area contributed by atoms with E-state index in [1.54, 1.807) is 6.92 Å². The van der Waals surface area contributed by atoms with E-state index in [4.69, 9.17) is 0 Å². The summed E-state index contributed by atoms with van der Waals surface area (Å²) in [6, 6.07) is 1.98. The number of hydrogen-bond acceptors (Lipinski definition) is 1. The molecular weight excluding hydrogens is 150 g/mol. The number of rotatable bonds is 3. The highest BCUT2D eigenvalue weighted by molar-refractivity contribution is 5.92. The molecule has 1 heterocycles. The lowest BCUT2D eigenvalue weighted by Crippen LogP contribution is -1.99. The van der Waals surface area contributed by atoms with E-state index in [9.17, 15) is 4.79 Å². The zero-order valence-electron chi connectivity index (χ0n) is 7.92. The molecule has 0 atom stereocenters. The van der Waals surface area contributed by atoms with Gasteiger partial charge in [0.15, 0.2) is 5.78 Å². The van der Waals surface area contributed by atoms with Crippen LogP contribution in [0.3, 0.4) is 0 Å². The minimum absolute atomic E-state index is 0.139. The van der Waals surface area contributed by atoms with Gasteiger partial charge in [0.05, 0.1) is 5.69 Å². The number of nitrogens with zero attached hydrogens (tertiary/aromatic N) is 1. The molecule has 12 heavy (non-hydrogen) atoms. The van der Waals surface area contributed by atoms with Gasteiger partial charge in [0.1, 0.15) is 0 Å². The van der Waals surface area contributed by atoms with Crippen LogP contribution < -0.4 is 0 Å². The first kappa shape index (κ1) is 9.04. The van der Waals surface area contributed by atoms with Gasteiger partial charge in [0, 0.05) is 20.2 Å². The zero-order valence-corrected chi connectivity index (χ0v) is 7.92. The summed E-state index contributed by atoms with van der Waals surface area (Å²) >= 11 is 0. The highest BCUT2D eigenvalue weighted by Gasteiger charge is 2.05. The summed E-state index contributed by atoms with van der Waals surface area (Å²) in [5.74, 6) is 0.139. The molecule has 0 amide bonds. The number of aromatic nitrogens is 1. The highest BCUT2D eigenvalue weighted by atomic mass is 16.1. The Morgan fingerprint density at radius 1 is 1.58 bits per heavy atom. The van der Waals surface area contributed by atoms with Crippen LogP contribution in [0, 0.1) is 0 Å². The van der Waals surface area contributed by atoms with Gasteiger partial charge in [0.25, 0.3) is 0 Å². The molecule has 66 valence electrons. The summed E-state index contributed by atoms with van der Waals surface area (Å²) in [7, 11) is 1.91. The van der Waals surface area contributed by atoms with Crippen molar-refractivity contribution in [1.82, 2.24) is 4.57 Å². The standard InChI is InChI=1S/C10H15NO/c1-4-5-9-6-10(8(2)12)11(3)7-9/h6-7H,4-5H2,1-3H3. The molecule has 0 radical (unpaired) electrons. The van der Waals surface area contributed by atoms with Crippen LogP contribution >= 0.6 is 0 Å². The van der Waals surface area contributed by atoms with Gasteiger partial charge in [-0.15, -0.1) is 0 Å². The first-order chi connectivity index (χ1) is 5.65. The maximum Gasteiger partial charge on any atom is 0.176 e. The zero-order chi connectivity index (χ0) is 9.14. The minimum Gasteiger partial charge on any atom is -0.348 e. The lowest BCUT2D eigenvalue weighted by Gasteiger charge is -1.94. The second-order valence-electron chi connectivity index (χ2n) is 3.15. The minimum atomic E-state index is 0.139. The molecule has 0 aliphatic heterocycles. The molecule has 0 aliphatic rings. The van der Waals surface area contributed by atoms with Gasteiger partial charge in [-0.25, -0.2) is 0 Å². The van der Waals surface area contributed by atoms with Crippen LogP contribution in [0.1, 0.15) is 36.3 Å². The molecule has 0 saturated carbocycles. The Labute approximate surface area is 73.2 Å². The molecule has 0 unspecified atom stereocenters. The first-order valence-electron chi connectivity index (χ1n) is 4.31. The van der Waals surface area contributed by atoms with Gasteiger partial charge in [-0.2, -0.15) is 0 Å². The SMILES string of the molecule is CCCc1cc(C(C)=O)n(C)c1. The first-order valence-corrected chi connectivity index (χ1v) is 4.31. The third-order valence-corrected chi connectivity index (χ3v) is 1.96. The molecule has 0 spiro atoms. The summed E-state index contributed by atoms with van der Waals surface area (Å²) in [6.45, 7) is 3.74.